The van der Waals surface area contributed by atoms with Crippen LogP contribution in [0.3, 0.4) is 0 Å². The molecule has 1 saturated heterocycles. The summed E-state index contributed by atoms with van der Waals surface area (Å²) in [6, 6.07) is 3.81. The highest BCUT2D eigenvalue weighted by Crippen LogP contribution is 2.05. The molecule has 1 aliphatic heterocycles. The fraction of sp³-hybridized carbons (Fsp3) is 0.533. The quantitative estimate of drug-likeness (QED) is 0.851. The topological polar surface area (TPSA) is 71.5 Å². The van der Waals surface area contributed by atoms with Gasteiger partial charge in [-0.25, -0.2) is 0 Å². The maximum absolute atomic E-state index is 11.8. The fourth-order valence-corrected chi connectivity index (χ4v) is 2.25. The van der Waals surface area contributed by atoms with Crippen LogP contribution in [0, 0.1) is 0 Å². The molecule has 114 valence electrons. The SMILES string of the molecule is CC(=O)N1CCO[C@H](CNC(=O)CCc2cccnc2)C1. The molecule has 1 atom stereocenters. The van der Waals surface area contributed by atoms with E-state index in [4.69, 9.17) is 4.74 Å². The molecule has 2 rings (SSSR count). The molecule has 1 N–H and O–H groups in total. The van der Waals surface area contributed by atoms with Crippen molar-refractivity contribution < 1.29 is 14.3 Å². The van der Waals surface area contributed by atoms with Crippen molar-refractivity contribution in [2.24, 2.45) is 0 Å². The Hall–Kier alpha value is -1.95. The van der Waals surface area contributed by atoms with E-state index in [9.17, 15) is 9.59 Å². The summed E-state index contributed by atoms with van der Waals surface area (Å²) in [5.41, 5.74) is 1.05. The molecule has 0 spiro atoms. The average molecular weight is 291 g/mol. The van der Waals surface area contributed by atoms with Crippen LogP contribution in [0.1, 0.15) is 18.9 Å². The molecule has 0 saturated carbocycles. The van der Waals surface area contributed by atoms with Gasteiger partial charge in [-0.3, -0.25) is 14.6 Å². The molecule has 0 aromatic carbocycles. The Morgan fingerprint density at radius 2 is 2.38 bits per heavy atom. The number of pyridine rings is 1. The summed E-state index contributed by atoms with van der Waals surface area (Å²) in [6.45, 7) is 3.68. The lowest BCUT2D eigenvalue weighted by atomic mass is 10.1. The van der Waals surface area contributed by atoms with E-state index < -0.39 is 0 Å². The highest BCUT2D eigenvalue weighted by Gasteiger charge is 2.22. The van der Waals surface area contributed by atoms with Gasteiger partial charge in [0, 0.05) is 45.4 Å². The van der Waals surface area contributed by atoms with Gasteiger partial charge in [0.1, 0.15) is 0 Å². The first-order valence-corrected chi connectivity index (χ1v) is 7.18. The molecule has 2 amide bonds. The number of morpholine rings is 1. The number of aryl methyl sites for hydroxylation is 1. The molecule has 6 heteroatoms. The number of nitrogens with zero attached hydrogens (tertiary/aromatic N) is 2. The second-order valence-electron chi connectivity index (χ2n) is 5.12. The predicted molar refractivity (Wildman–Crippen MR) is 77.6 cm³/mol. The summed E-state index contributed by atoms with van der Waals surface area (Å²) in [5.74, 6) is 0.0357. The lowest BCUT2D eigenvalue weighted by Crippen LogP contribution is -2.49. The number of carbonyl (C=O) groups is 2. The fourth-order valence-electron chi connectivity index (χ4n) is 2.25. The van der Waals surface area contributed by atoms with Crippen LogP contribution >= 0.6 is 0 Å². The molecule has 0 unspecified atom stereocenters. The van der Waals surface area contributed by atoms with Crippen LogP contribution < -0.4 is 5.32 Å². The Bertz CT molecular complexity index is 478. The zero-order valence-electron chi connectivity index (χ0n) is 12.2. The van der Waals surface area contributed by atoms with Gasteiger partial charge in [-0.2, -0.15) is 0 Å². The zero-order chi connectivity index (χ0) is 15.1. The third-order valence-corrected chi connectivity index (χ3v) is 3.47. The number of ether oxygens (including phenoxy) is 1. The van der Waals surface area contributed by atoms with E-state index >= 15 is 0 Å². The first kappa shape index (κ1) is 15.4. The van der Waals surface area contributed by atoms with E-state index in [2.05, 4.69) is 10.3 Å². The van der Waals surface area contributed by atoms with Crippen LogP contribution in [0.25, 0.3) is 0 Å². The lowest BCUT2D eigenvalue weighted by molar-refractivity contribution is -0.136. The van der Waals surface area contributed by atoms with Crippen molar-refractivity contribution in [1.82, 2.24) is 15.2 Å². The van der Waals surface area contributed by atoms with Gasteiger partial charge in [0.15, 0.2) is 0 Å². The molecular weight excluding hydrogens is 270 g/mol. The van der Waals surface area contributed by atoms with Crippen LogP contribution in [0.15, 0.2) is 24.5 Å². The predicted octanol–water partition coefficient (Wildman–Crippen LogP) is 0.378. The molecule has 6 nitrogen and oxygen atoms in total. The van der Waals surface area contributed by atoms with Crippen LogP contribution in [-0.2, 0) is 20.7 Å². The average Bonchev–Trinajstić information content (AvgIpc) is 2.52. The summed E-state index contributed by atoms with van der Waals surface area (Å²) in [4.78, 5) is 28.9. The van der Waals surface area contributed by atoms with Crippen molar-refractivity contribution in [3.63, 3.8) is 0 Å². The first-order valence-electron chi connectivity index (χ1n) is 7.18. The smallest absolute Gasteiger partial charge is 0.220 e. The Morgan fingerprint density at radius 1 is 1.52 bits per heavy atom. The van der Waals surface area contributed by atoms with Gasteiger partial charge in [0.25, 0.3) is 0 Å². The molecule has 1 aliphatic rings. The molecular formula is C15H21N3O3. The number of carbonyl (C=O) groups excluding carboxylic acids is 2. The van der Waals surface area contributed by atoms with Crippen molar-refractivity contribution in [3.8, 4) is 0 Å². The van der Waals surface area contributed by atoms with Crippen molar-refractivity contribution in [2.45, 2.75) is 25.9 Å². The normalized spacial score (nSPS) is 18.3. The van der Waals surface area contributed by atoms with E-state index in [1.54, 1.807) is 24.2 Å². The molecule has 0 radical (unpaired) electrons. The minimum atomic E-state index is -0.120. The number of nitrogens with one attached hydrogen (secondary N) is 1. The Kier molecular flexibility index (Phi) is 5.68. The summed E-state index contributed by atoms with van der Waals surface area (Å²) < 4.78 is 5.55. The van der Waals surface area contributed by atoms with E-state index in [-0.39, 0.29) is 17.9 Å². The van der Waals surface area contributed by atoms with E-state index in [1.807, 2.05) is 12.1 Å². The van der Waals surface area contributed by atoms with Crippen molar-refractivity contribution in [3.05, 3.63) is 30.1 Å². The lowest BCUT2D eigenvalue weighted by Gasteiger charge is -2.32. The van der Waals surface area contributed by atoms with Gasteiger partial charge in [-0.05, 0) is 18.1 Å². The maximum atomic E-state index is 11.8. The molecule has 1 aromatic rings. The molecule has 1 aromatic heterocycles. The van der Waals surface area contributed by atoms with Crippen LogP contribution in [0.4, 0.5) is 0 Å². The molecule has 2 heterocycles. The molecule has 0 aliphatic carbocycles. The summed E-state index contributed by atoms with van der Waals surface area (Å²) in [6.07, 6.45) is 4.46. The second kappa shape index (κ2) is 7.73. The van der Waals surface area contributed by atoms with Gasteiger partial charge in [0.2, 0.25) is 11.8 Å². The summed E-state index contributed by atoms with van der Waals surface area (Å²) >= 11 is 0. The van der Waals surface area contributed by atoms with Gasteiger partial charge in [0.05, 0.1) is 12.7 Å². The molecule has 1 fully saturated rings. The third-order valence-electron chi connectivity index (χ3n) is 3.47. The second-order valence-corrected chi connectivity index (χ2v) is 5.12. The summed E-state index contributed by atoms with van der Waals surface area (Å²) in [5, 5.41) is 2.86. The number of hydrogen-bond acceptors (Lipinski definition) is 4. The summed E-state index contributed by atoms with van der Waals surface area (Å²) in [7, 11) is 0. The molecule has 0 bridgehead atoms. The Labute approximate surface area is 124 Å². The standard InChI is InChI=1S/C15H21N3O3/c1-12(19)18-7-8-21-14(11-18)10-17-15(20)5-4-13-3-2-6-16-9-13/h2-3,6,9,14H,4-5,7-8,10-11H2,1H3,(H,17,20)/t14-/m1/s1. The molecule has 21 heavy (non-hydrogen) atoms. The number of amides is 2. The highest BCUT2D eigenvalue weighted by atomic mass is 16.5. The largest absolute Gasteiger partial charge is 0.373 e. The number of rotatable bonds is 5. The Balaban J connectivity index is 1.68. The van der Waals surface area contributed by atoms with Crippen molar-refractivity contribution >= 4 is 11.8 Å². The van der Waals surface area contributed by atoms with E-state index in [0.29, 0.717) is 39.1 Å². The highest BCUT2D eigenvalue weighted by molar-refractivity contribution is 5.76. The first-order chi connectivity index (χ1) is 10.1. The van der Waals surface area contributed by atoms with Gasteiger partial charge in [-0.15, -0.1) is 0 Å². The van der Waals surface area contributed by atoms with Gasteiger partial charge >= 0.3 is 0 Å². The minimum absolute atomic E-state index is 0.0117. The van der Waals surface area contributed by atoms with E-state index in [0.717, 1.165) is 5.56 Å². The Morgan fingerprint density at radius 3 is 3.10 bits per heavy atom. The third kappa shape index (κ3) is 5.15. The minimum Gasteiger partial charge on any atom is -0.373 e. The van der Waals surface area contributed by atoms with Crippen LogP contribution in [0.5, 0.6) is 0 Å². The van der Waals surface area contributed by atoms with Gasteiger partial charge in [-0.1, -0.05) is 6.07 Å². The number of aromatic nitrogens is 1. The zero-order valence-corrected chi connectivity index (χ0v) is 12.2. The maximum Gasteiger partial charge on any atom is 0.220 e. The van der Waals surface area contributed by atoms with Crippen molar-refractivity contribution in [2.75, 3.05) is 26.2 Å². The van der Waals surface area contributed by atoms with Crippen molar-refractivity contribution in [1.29, 1.82) is 0 Å². The number of hydrogen-bond donors (Lipinski definition) is 1. The van der Waals surface area contributed by atoms with Crippen LogP contribution in [0.2, 0.25) is 0 Å². The van der Waals surface area contributed by atoms with Crippen LogP contribution in [-0.4, -0.2) is 54.0 Å². The monoisotopic (exact) mass is 291 g/mol. The van der Waals surface area contributed by atoms with Gasteiger partial charge < -0.3 is 15.0 Å². The van der Waals surface area contributed by atoms with E-state index in [1.165, 1.54) is 0 Å².